The van der Waals surface area contributed by atoms with Gasteiger partial charge in [0.2, 0.25) is 0 Å². The molecule has 0 spiro atoms. The van der Waals surface area contributed by atoms with E-state index in [0.29, 0.717) is 6.04 Å². The lowest BCUT2D eigenvalue weighted by Crippen LogP contribution is -2.61. The lowest BCUT2D eigenvalue weighted by atomic mass is 9.79. The predicted octanol–water partition coefficient (Wildman–Crippen LogP) is 3.11. The molecular weight excluding hydrogens is 286 g/mol. The summed E-state index contributed by atoms with van der Waals surface area (Å²) in [5, 5.41) is 7.47. The molecule has 0 aliphatic carbocycles. The summed E-state index contributed by atoms with van der Waals surface area (Å²) >= 11 is 0. The summed E-state index contributed by atoms with van der Waals surface area (Å²) in [6.45, 7) is 10.2. The first kappa shape index (κ1) is 18.1. The Morgan fingerprint density at radius 3 is 2.43 bits per heavy atom. The Hall–Kier alpha value is -1.26. The van der Waals surface area contributed by atoms with E-state index >= 15 is 0 Å². The average molecular weight is 319 g/mol. The Morgan fingerprint density at radius 2 is 1.87 bits per heavy atom. The Morgan fingerprint density at radius 1 is 1.22 bits per heavy atom. The molecule has 4 nitrogen and oxygen atoms in total. The van der Waals surface area contributed by atoms with Crippen LogP contribution < -0.4 is 21.1 Å². The summed E-state index contributed by atoms with van der Waals surface area (Å²) in [4.78, 5) is 0. The van der Waals surface area contributed by atoms with Crippen molar-refractivity contribution in [3.63, 3.8) is 0 Å². The van der Waals surface area contributed by atoms with E-state index in [1.807, 2.05) is 12.1 Å². The number of piperidine rings is 1. The minimum absolute atomic E-state index is 0.198. The molecule has 0 saturated carbocycles. The van der Waals surface area contributed by atoms with Gasteiger partial charge in [0, 0.05) is 17.1 Å². The predicted molar refractivity (Wildman–Crippen MR) is 98.0 cm³/mol. The maximum atomic E-state index is 5.97. The van der Waals surface area contributed by atoms with E-state index in [1.54, 1.807) is 7.11 Å². The van der Waals surface area contributed by atoms with Gasteiger partial charge in [0.15, 0.2) is 0 Å². The number of hydrogen-bond acceptors (Lipinski definition) is 4. The van der Waals surface area contributed by atoms with Crippen molar-refractivity contribution in [1.82, 2.24) is 10.6 Å². The number of nitrogens with two attached hydrogens (primary N) is 1. The van der Waals surface area contributed by atoms with Gasteiger partial charge in [-0.25, -0.2) is 0 Å². The Balaban J connectivity index is 1.78. The summed E-state index contributed by atoms with van der Waals surface area (Å²) in [6, 6.07) is 6.67. The maximum absolute atomic E-state index is 5.97. The van der Waals surface area contributed by atoms with Crippen LogP contribution >= 0.6 is 0 Å². The van der Waals surface area contributed by atoms with Gasteiger partial charge >= 0.3 is 0 Å². The largest absolute Gasteiger partial charge is 0.495 e. The second kappa shape index (κ2) is 7.10. The van der Waals surface area contributed by atoms with Gasteiger partial charge in [-0.15, -0.1) is 0 Å². The molecule has 0 radical (unpaired) electrons. The molecule has 0 unspecified atom stereocenters. The molecule has 1 fully saturated rings. The van der Waals surface area contributed by atoms with Gasteiger partial charge in [0.25, 0.3) is 0 Å². The number of ether oxygens (including phenoxy) is 1. The molecule has 0 amide bonds. The van der Waals surface area contributed by atoms with E-state index in [0.717, 1.165) is 30.8 Å². The van der Waals surface area contributed by atoms with Crippen LogP contribution in [-0.2, 0) is 6.42 Å². The van der Waals surface area contributed by atoms with E-state index in [9.17, 15) is 0 Å². The van der Waals surface area contributed by atoms with Gasteiger partial charge in [-0.2, -0.15) is 0 Å². The molecule has 1 aromatic carbocycles. The monoisotopic (exact) mass is 319 g/mol. The summed E-state index contributed by atoms with van der Waals surface area (Å²) in [7, 11) is 1.65. The standard InChI is InChI=1S/C19H33N3O/c1-18(2)12-15(13-19(3,4)22-18)21-10-6-7-14-8-9-17(23-5)16(20)11-14/h8-9,11,15,21-22H,6-7,10,12-13,20H2,1-5H3. The van der Waals surface area contributed by atoms with Crippen molar-refractivity contribution < 1.29 is 4.74 Å². The van der Waals surface area contributed by atoms with Crippen molar-refractivity contribution >= 4 is 5.69 Å². The number of nitrogens with one attached hydrogen (secondary N) is 2. The van der Waals surface area contributed by atoms with Crippen LogP contribution in [0, 0.1) is 0 Å². The Labute approximate surface area is 141 Å². The molecule has 1 heterocycles. The minimum atomic E-state index is 0.198. The van der Waals surface area contributed by atoms with Gasteiger partial charge in [-0.1, -0.05) is 6.07 Å². The summed E-state index contributed by atoms with van der Waals surface area (Å²) < 4.78 is 5.20. The minimum Gasteiger partial charge on any atom is -0.495 e. The molecule has 0 aromatic heterocycles. The molecule has 4 N–H and O–H groups in total. The van der Waals surface area contributed by atoms with Crippen LogP contribution in [0.5, 0.6) is 5.75 Å². The first-order chi connectivity index (χ1) is 10.7. The van der Waals surface area contributed by atoms with Crippen LogP contribution in [0.15, 0.2) is 18.2 Å². The smallest absolute Gasteiger partial charge is 0.141 e. The number of nitrogen functional groups attached to an aromatic ring is 1. The van der Waals surface area contributed by atoms with Gasteiger partial charge in [-0.3, -0.25) is 0 Å². The normalized spacial score (nSPS) is 20.4. The Bertz CT molecular complexity index is 509. The lowest BCUT2D eigenvalue weighted by molar-refractivity contribution is 0.146. The number of aryl methyl sites for hydroxylation is 1. The molecule has 1 saturated heterocycles. The molecule has 23 heavy (non-hydrogen) atoms. The lowest BCUT2D eigenvalue weighted by Gasteiger charge is -2.46. The van der Waals surface area contributed by atoms with Gasteiger partial charge in [0.05, 0.1) is 12.8 Å². The van der Waals surface area contributed by atoms with E-state index in [1.165, 1.54) is 18.4 Å². The Kier molecular flexibility index (Phi) is 5.58. The van der Waals surface area contributed by atoms with E-state index < -0.39 is 0 Å². The van der Waals surface area contributed by atoms with Crippen LogP contribution in [-0.4, -0.2) is 30.8 Å². The van der Waals surface area contributed by atoms with Crippen molar-refractivity contribution in [3.8, 4) is 5.75 Å². The fourth-order valence-corrected chi connectivity index (χ4v) is 4.00. The van der Waals surface area contributed by atoms with Crippen LogP contribution in [0.4, 0.5) is 5.69 Å². The van der Waals surface area contributed by atoms with Gasteiger partial charge in [-0.05, 0) is 77.6 Å². The fraction of sp³-hybridized carbons (Fsp3) is 0.684. The number of rotatable bonds is 6. The molecule has 1 aromatic rings. The second-order valence-corrected chi connectivity index (χ2v) is 8.13. The molecule has 2 rings (SSSR count). The zero-order valence-corrected chi connectivity index (χ0v) is 15.3. The van der Waals surface area contributed by atoms with Gasteiger partial charge < -0.3 is 21.1 Å². The third-order valence-electron chi connectivity index (χ3n) is 4.56. The van der Waals surface area contributed by atoms with Gasteiger partial charge in [0.1, 0.15) is 5.75 Å². The van der Waals surface area contributed by atoms with Crippen LogP contribution in [0.25, 0.3) is 0 Å². The zero-order chi connectivity index (χ0) is 17.1. The van der Waals surface area contributed by atoms with Crippen molar-refractivity contribution in [2.24, 2.45) is 0 Å². The van der Waals surface area contributed by atoms with Crippen LogP contribution in [0.3, 0.4) is 0 Å². The van der Waals surface area contributed by atoms with Crippen molar-refractivity contribution in [1.29, 1.82) is 0 Å². The molecule has 4 heteroatoms. The fourth-order valence-electron chi connectivity index (χ4n) is 4.00. The highest BCUT2D eigenvalue weighted by molar-refractivity contribution is 5.54. The SMILES string of the molecule is COc1ccc(CCCNC2CC(C)(C)NC(C)(C)C2)cc1N. The molecule has 130 valence electrons. The quantitative estimate of drug-likeness (QED) is 0.557. The molecule has 1 aliphatic heterocycles. The van der Waals surface area contributed by atoms with Crippen LogP contribution in [0.2, 0.25) is 0 Å². The third-order valence-corrected chi connectivity index (χ3v) is 4.56. The average Bonchev–Trinajstić information content (AvgIpc) is 2.40. The van der Waals surface area contributed by atoms with Crippen LogP contribution in [0.1, 0.15) is 52.5 Å². The highest BCUT2D eigenvalue weighted by atomic mass is 16.5. The zero-order valence-electron chi connectivity index (χ0n) is 15.3. The highest BCUT2D eigenvalue weighted by Gasteiger charge is 2.37. The molecule has 0 atom stereocenters. The summed E-state index contributed by atoms with van der Waals surface area (Å²) in [5.74, 6) is 0.756. The first-order valence-electron chi connectivity index (χ1n) is 8.66. The molecular formula is C19H33N3O. The maximum Gasteiger partial charge on any atom is 0.141 e. The van der Waals surface area contributed by atoms with Crippen molar-refractivity contribution in [2.45, 2.75) is 70.5 Å². The van der Waals surface area contributed by atoms with Crippen molar-refractivity contribution in [3.05, 3.63) is 23.8 Å². The second-order valence-electron chi connectivity index (χ2n) is 8.13. The van der Waals surface area contributed by atoms with E-state index in [-0.39, 0.29) is 11.1 Å². The summed E-state index contributed by atoms with van der Waals surface area (Å²) in [5.41, 5.74) is 8.36. The first-order valence-corrected chi connectivity index (χ1v) is 8.66. The molecule has 1 aliphatic rings. The van der Waals surface area contributed by atoms with E-state index in [4.69, 9.17) is 10.5 Å². The summed E-state index contributed by atoms with van der Waals surface area (Å²) in [6.07, 6.45) is 4.51. The molecule has 0 bridgehead atoms. The number of anilines is 1. The number of hydrogen-bond donors (Lipinski definition) is 3. The third kappa shape index (κ3) is 5.40. The highest BCUT2D eigenvalue weighted by Crippen LogP contribution is 2.28. The van der Waals surface area contributed by atoms with E-state index in [2.05, 4.69) is 44.4 Å². The van der Waals surface area contributed by atoms with Crippen molar-refractivity contribution in [2.75, 3.05) is 19.4 Å². The topological polar surface area (TPSA) is 59.3 Å². The number of methoxy groups -OCH3 is 1. The number of benzene rings is 1.